The van der Waals surface area contributed by atoms with Crippen LogP contribution in [0.5, 0.6) is 0 Å². The van der Waals surface area contributed by atoms with Gasteiger partial charge in [0.15, 0.2) is 6.10 Å². The molecule has 1 atom stereocenters. The summed E-state index contributed by atoms with van der Waals surface area (Å²) in [7, 11) is 0. The third-order valence-corrected chi connectivity index (χ3v) is 10.3. The summed E-state index contributed by atoms with van der Waals surface area (Å²) in [5.41, 5.74) is 0. The molecule has 0 amide bonds. The van der Waals surface area contributed by atoms with E-state index in [2.05, 4.69) is 32.9 Å². The molecule has 0 radical (unpaired) electrons. The fourth-order valence-corrected chi connectivity index (χ4v) is 6.79. The molecule has 0 aromatic carbocycles. The molecule has 0 spiro atoms. The number of carbonyl (C=O) groups is 2. The zero-order chi connectivity index (χ0) is 37.8. The molecule has 0 aromatic heterocycles. The van der Waals surface area contributed by atoms with E-state index in [1.54, 1.807) is 0 Å². The third-order valence-electron chi connectivity index (χ3n) is 10.3. The minimum absolute atomic E-state index is 0.0897. The van der Waals surface area contributed by atoms with Gasteiger partial charge in [0.2, 0.25) is 0 Å². The van der Waals surface area contributed by atoms with Gasteiger partial charge in [0.1, 0.15) is 6.61 Å². The summed E-state index contributed by atoms with van der Waals surface area (Å²) < 4.78 is 17.2. The Hall–Kier alpha value is -1.36. The molecule has 0 aliphatic rings. The van der Waals surface area contributed by atoms with E-state index in [9.17, 15) is 9.59 Å². The van der Waals surface area contributed by atoms with Crippen LogP contribution in [0, 0.1) is 0 Å². The van der Waals surface area contributed by atoms with E-state index in [0.29, 0.717) is 26.1 Å². The number of ether oxygens (including phenoxy) is 3. The minimum Gasteiger partial charge on any atom is -0.462 e. The highest BCUT2D eigenvalue weighted by atomic mass is 16.6. The van der Waals surface area contributed by atoms with Crippen LogP contribution in [0.15, 0.2) is 12.2 Å². The van der Waals surface area contributed by atoms with Gasteiger partial charge in [-0.15, -0.1) is 0 Å². The first-order valence-electron chi connectivity index (χ1n) is 23.2. The Labute approximate surface area is 325 Å². The minimum atomic E-state index is -0.525. The maximum atomic E-state index is 12.5. The maximum absolute atomic E-state index is 12.5. The third kappa shape index (κ3) is 41.4. The highest BCUT2D eigenvalue weighted by Gasteiger charge is 2.17. The van der Waals surface area contributed by atoms with Gasteiger partial charge in [-0.2, -0.15) is 0 Å². The summed E-state index contributed by atoms with van der Waals surface area (Å²) in [6.07, 6.45) is 48.1. The summed E-state index contributed by atoms with van der Waals surface area (Å²) in [6, 6.07) is 0. The van der Waals surface area contributed by atoms with Crippen LogP contribution in [0.1, 0.15) is 252 Å². The van der Waals surface area contributed by atoms with Gasteiger partial charge in [0.05, 0.1) is 6.61 Å². The first-order valence-corrected chi connectivity index (χ1v) is 23.2. The van der Waals surface area contributed by atoms with Crippen molar-refractivity contribution in [1.82, 2.24) is 0 Å². The predicted molar refractivity (Wildman–Crippen MR) is 224 cm³/mol. The lowest BCUT2D eigenvalue weighted by molar-refractivity contribution is -0.163. The molecular formula is C47H90O5. The van der Waals surface area contributed by atoms with E-state index in [4.69, 9.17) is 14.2 Å². The molecule has 52 heavy (non-hydrogen) atoms. The van der Waals surface area contributed by atoms with E-state index in [1.807, 2.05) is 0 Å². The summed E-state index contributed by atoms with van der Waals surface area (Å²) in [5, 5.41) is 0. The van der Waals surface area contributed by atoms with Gasteiger partial charge >= 0.3 is 11.9 Å². The van der Waals surface area contributed by atoms with Crippen LogP contribution in [-0.4, -0.2) is 37.9 Å². The highest BCUT2D eigenvalue weighted by Crippen LogP contribution is 2.16. The largest absolute Gasteiger partial charge is 0.462 e. The molecule has 0 bridgehead atoms. The lowest BCUT2D eigenvalue weighted by Gasteiger charge is -2.18. The van der Waals surface area contributed by atoms with Crippen molar-refractivity contribution in [3.8, 4) is 0 Å². The average molecular weight is 735 g/mol. The quantitative estimate of drug-likeness (QED) is 0.0355. The molecule has 0 saturated heterocycles. The second kappa shape index (κ2) is 44.0. The smallest absolute Gasteiger partial charge is 0.306 e. The molecule has 0 aromatic rings. The molecule has 0 rings (SSSR count). The zero-order valence-electron chi connectivity index (χ0n) is 35.4. The summed E-state index contributed by atoms with van der Waals surface area (Å²) in [4.78, 5) is 25.0. The van der Waals surface area contributed by atoms with Crippen LogP contribution >= 0.6 is 0 Å². The number of allylic oxidation sites excluding steroid dienone is 2. The monoisotopic (exact) mass is 735 g/mol. The van der Waals surface area contributed by atoms with Crippen molar-refractivity contribution in [3.63, 3.8) is 0 Å². The molecular weight excluding hydrogens is 645 g/mol. The topological polar surface area (TPSA) is 61.8 Å². The van der Waals surface area contributed by atoms with Gasteiger partial charge in [-0.25, -0.2) is 0 Å². The lowest BCUT2D eigenvalue weighted by Crippen LogP contribution is -2.30. The van der Waals surface area contributed by atoms with Crippen molar-refractivity contribution in [2.45, 2.75) is 258 Å². The number of carbonyl (C=O) groups excluding carboxylic acids is 2. The fourth-order valence-electron chi connectivity index (χ4n) is 6.79. The molecule has 0 fully saturated rings. The van der Waals surface area contributed by atoms with E-state index >= 15 is 0 Å². The van der Waals surface area contributed by atoms with Crippen molar-refractivity contribution in [1.29, 1.82) is 0 Å². The van der Waals surface area contributed by atoms with Gasteiger partial charge in [-0.3, -0.25) is 9.59 Å². The van der Waals surface area contributed by atoms with Crippen molar-refractivity contribution in [2.24, 2.45) is 0 Å². The Morgan fingerprint density at radius 2 is 0.769 bits per heavy atom. The van der Waals surface area contributed by atoms with Crippen LogP contribution in [0.4, 0.5) is 0 Å². The van der Waals surface area contributed by atoms with Crippen LogP contribution < -0.4 is 0 Å². The number of hydrogen-bond donors (Lipinski definition) is 0. The van der Waals surface area contributed by atoms with Crippen LogP contribution in [0.2, 0.25) is 0 Å². The second-order valence-electron chi connectivity index (χ2n) is 15.7. The van der Waals surface area contributed by atoms with Gasteiger partial charge in [0.25, 0.3) is 0 Å². The van der Waals surface area contributed by atoms with Crippen molar-refractivity contribution >= 4 is 11.9 Å². The Morgan fingerprint density at radius 1 is 0.404 bits per heavy atom. The Morgan fingerprint density at radius 3 is 1.23 bits per heavy atom. The van der Waals surface area contributed by atoms with Crippen molar-refractivity contribution in [3.05, 3.63) is 12.2 Å². The standard InChI is InChI=1S/C47H90O5/c1-4-7-10-13-15-17-19-21-22-23-24-25-26-27-28-30-32-35-37-40-46(48)51-44-45(52-47(49)41-38-34-12-9-6-3)43-50-42-39-36-33-31-29-20-18-16-14-11-8-5-2/h14,16,45H,4-13,15,17-44H2,1-3H3/b16-14-. The second-order valence-corrected chi connectivity index (χ2v) is 15.7. The van der Waals surface area contributed by atoms with Crippen molar-refractivity contribution < 1.29 is 23.8 Å². The molecule has 0 aliphatic heterocycles. The van der Waals surface area contributed by atoms with Gasteiger partial charge in [-0.05, 0) is 38.5 Å². The van der Waals surface area contributed by atoms with E-state index in [1.165, 1.54) is 173 Å². The first kappa shape index (κ1) is 50.6. The average Bonchev–Trinajstić information content (AvgIpc) is 3.14. The summed E-state index contributed by atoms with van der Waals surface area (Å²) >= 11 is 0. The molecule has 308 valence electrons. The van der Waals surface area contributed by atoms with Crippen LogP contribution in [-0.2, 0) is 23.8 Å². The number of rotatable bonds is 43. The molecule has 0 saturated carbocycles. The van der Waals surface area contributed by atoms with E-state index in [0.717, 1.165) is 44.9 Å². The Bertz CT molecular complexity index is 750. The SMILES string of the molecule is CCCC/C=C\CCCCCCCCOCC(COC(=O)CCCCCCCCCCCCCCCCCCCCC)OC(=O)CCCCCCC. The van der Waals surface area contributed by atoms with Crippen LogP contribution in [0.3, 0.4) is 0 Å². The predicted octanol–water partition coefficient (Wildman–Crippen LogP) is 15.1. The molecule has 0 heterocycles. The number of esters is 2. The first-order chi connectivity index (χ1) is 25.6. The molecule has 5 heteroatoms. The van der Waals surface area contributed by atoms with E-state index < -0.39 is 6.10 Å². The Kier molecular flexibility index (Phi) is 42.9. The number of hydrogen-bond acceptors (Lipinski definition) is 5. The fraction of sp³-hybridized carbons (Fsp3) is 0.915. The lowest BCUT2D eigenvalue weighted by atomic mass is 10.0. The maximum Gasteiger partial charge on any atom is 0.306 e. The summed E-state index contributed by atoms with van der Waals surface area (Å²) in [5.74, 6) is -0.399. The van der Waals surface area contributed by atoms with Gasteiger partial charge in [-0.1, -0.05) is 213 Å². The number of unbranched alkanes of at least 4 members (excludes halogenated alkanes) is 30. The normalized spacial score (nSPS) is 12.1. The van der Waals surface area contributed by atoms with E-state index in [-0.39, 0.29) is 18.5 Å². The van der Waals surface area contributed by atoms with Crippen molar-refractivity contribution in [2.75, 3.05) is 19.8 Å². The molecule has 0 aliphatic carbocycles. The molecule has 5 nitrogen and oxygen atoms in total. The zero-order valence-corrected chi connectivity index (χ0v) is 35.4. The molecule has 0 N–H and O–H groups in total. The Balaban J connectivity index is 3.96. The van der Waals surface area contributed by atoms with Crippen LogP contribution in [0.25, 0.3) is 0 Å². The van der Waals surface area contributed by atoms with Gasteiger partial charge in [0, 0.05) is 19.4 Å². The van der Waals surface area contributed by atoms with Gasteiger partial charge < -0.3 is 14.2 Å². The highest BCUT2D eigenvalue weighted by molar-refractivity contribution is 5.70. The molecule has 1 unspecified atom stereocenters. The summed E-state index contributed by atoms with van der Waals surface area (Å²) in [6.45, 7) is 7.75.